The molecule has 0 saturated carbocycles. The Morgan fingerprint density at radius 2 is 1.97 bits per heavy atom. The van der Waals surface area contributed by atoms with E-state index in [1.165, 1.54) is 7.11 Å². The van der Waals surface area contributed by atoms with Gasteiger partial charge in [0.05, 0.1) is 36.6 Å². The highest BCUT2D eigenvalue weighted by Gasteiger charge is 2.30. The summed E-state index contributed by atoms with van der Waals surface area (Å²) >= 11 is 1.14. The first-order valence-electron chi connectivity index (χ1n) is 9.61. The van der Waals surface area contributed by atoms with Gasteiger partial charge in [0, 0.05) is 18.0 Å². The molecule has 2 amide bonds. The number of anilines is 1. The van der Waals surface area contributed by atoms with Gasteiger partial charge >= 0.3 is 0 Å². The van der Waals surface area contributed by atoms with Gasteiger partial charge in [-0.1, -0.05) is 36.0 Å². The van der Waals surface area contributed by atoms with E-state index in [1.54, 1.807) is 19.2 Å². The fourth-order valence-corrected chi connectivity index (χ4v) is 4.20. The van der Waals surface area contributed by atoms with Crippen molar-refractivity contribution in [2.75, 3.05) is 25.3 Å². The van der Waals surface area contributed by atoms with Crippen LogP contribution in [0.1, 0.15) is 23.5 Å². The minimum absolute atomic E-state index is 0.0633. The average Bonchev–Trinajstić information content (AvgIpc) is 2.78. The van der Waals surface area contributed by atoms with E-state index in [-0.39, 0.29) is 24.0 Å². The van der Waals surface area contributed by atoms with Crippen molar-refractivity contribution < 1.29 is 19.1 Å². The molecule has 2 aromatic carbocycles. The smallest absolute Gasteiger partial charge is 0.234 e. The number of nitriles is 1. The molecular formula is C23H23N3O4S. The van der Waals surface area contributed by atoms with Crippen LogP contribution >= 0.6 is 11.8 Å². The first-order chi connectivity index (χ1) is 15.0. The number of aryl methyl sites for hydroxylation is 1. The molecule has 3 rings (SSSR count). The highest BCUT2D eigenvalue weighted by molar-refractivity contribution is 8.03. The minimum atomic E-state index is -0.430. The van der Waals surface area contributed by atoms with Gasteiger partial charge in [0.25, 0.3) is 0 Å². The summed E-state index contributed by atoms with van der Waals surface area (Å²) < 4.78 is 10.6. The van der Waals surface area contributed by atoms with E-state index < -0.39 is 5.92 Å². The molecule has 0 radical (unpaired) electrons. The van der Waals surface area contributed by atoms with Gasteiger partial charge in [-0.05, 0) is 36.2 Å². The maximum absolute atomic E-state index is 12.4. The number of benzene rings is 2. The Balaban J connectivity index is 1.81. The molecule has 0 aliphatic carbocycles. The molecule has 0 saturated heterocycles. The summed E-state index contributed by atoms with van der Waals surface area (Å²) in [6, 6.07) is 15.0. The fourth-order valence-electron chi connectivity index (χ4n) is 3.32. The minimum Gasteiger partial charge on any atom is -0.493 e. The van der Waals surface area contributed by atoms with Crippen LogP contribution in [-0.2, 0) is 9.59 Å². The molecule has 0 spiro atoms. The van der Waals surface area contributed by atoms with Crippen LogP contribution < -0.4 is 20.1 Å². The number of para-hydroxylation sites is 1. The van der Waals surface area contributed by atoms with Crippen LogP contribution in [0.3, 0.4) is 0 Å². The van der Waals surface area contributed by atoms with Crippen molar-refractivity contribution in [3.8, 4) is 17.6 Å². The van der Waals surface area contributed by atoms with Crippen LogP contribution in [0.5, 0.6) is 11.5 Å². The molecule has 1 unspecified atom stereocenters. The monoisotopic (exact) mass is 437 g/mol. The van der Waals surface area contributed by atoms with Crippen molar-refractivity contribution >= 4 is 29.3 Å². The van der Waals surface area contributed by atoms with Gasteiger partial charge in [0.1, 0.15) is 0 Å². The highest BCUT2D eigenvalue weighted by Crippen LogP contribution is 2.39. The maximum atomic E-state index is 12.4. The van der Waals surface area contributed by atoms with E-state index in [1.807, 2.05) is 37.3 Å². The SMILES string of the molecule is COc1ccc(C2CC(=O)NC(SCC(=O)Nc3ccccc3C)=C2C#N)cc1OC. The summed E-state index contributed by atoms with van der Waals surface area (Å²) in [7, 11) is 3.08. The summed E-state index contributed by atoms with van der Waals surface area (Å²) in [5.41, 5.74) is 2.88. The molecule has 0 bridgehead atoms. The van der Waals surface area contributed by atoms with Crippen molar-refractivity contribution in [1.82, 2.24) is 5.32 Å². The predicted octanol–water partition coefficient (Wildman–Crippen LogP) is 3.72. The molecule has 7 nitrogen and oxygen atoms in total. The number of methoxy groups -OCH3 is 2. The van der Waals surface area contributed by atoms with Gasteiger partial charge in [0.2, 0.25) is 11.8 Å². The average molecular weight is 438 g/mol. The number of amides is 2. The predicted molar refractivity (Wildman–Crippen MR) is 120 cm³/mol. The molecule has 31 heavy (non-hydrogen) atoms. The first-order valence-corrected chi connectivity index (χ1v) is 10.6. The number of nitrogens with one attached hydrogen (secondary N) is 2. The van der Waals surface area contributed by atoms with Gasteiger partial charge in [-0.15, -0.1) is 0 Å². The van der Waals surface area contributed by atoms with Crippen LogP contribution in [0.4, 0.5) is 5.69 Å². The highest BCUT2D eigenvalue weighted by atomic mass is 32.2. The van der Waals surface area contributed by atoms with E-state index in [0.29, 0.717) is 22.1 Å². The van der Waals surface area contributed by atoms with E-state index in [4.69, 9.17) is 9.47 Å². The summed E-state index contributed by atoms with van der Waals surface area (Å²) in [4.78, 5) is 24.8. The normalized spacial score (nSPS) is 15.7. The summed E-state index contributed by atoms with van der Waals surface area (Å²) in [5.74, 6) is 0.299. The van der Waals surface area contributed by atoms with Crippen LogP contribution in [0.2, 0.25) is 0 Å². The zero-order valence-electron chi connectivity index (χ0n) is 17.5. The van der Waals surface area contributed by atoms with Gasteiger partial charge in [-0.3, -0.25) is 9.59 Å². The largest absolute Gasteiger partial charge is 0.493 e. The van der Waals surface area contributed by atoms with E-state index in [9.17, 15) is 14.9 Å². The Labute approximate surface area is 185 Å². The molecule has 2 N–H and O–H groups in total. The number of hydrogen-bond donors (Lipinski definition) is 2. The number of rotatable bonds is 7. The lowest BCUT2D eigenvalue weighted by molar-refractivity contribution is -0.121. The Morgan fingerprint density at radius 3 is 2.65 bits per heavy atom. The number of hydrogen-bond acceptors (Lipinski definition) is 6. The number of thioether (sulfide) groups is 1. The third-order valence-corrected chi connectivity index (χ3v) is 5.95. The van der Waals surface area contributed by atoms with Crippen LogP contribution in [0, 0.1) is 18.3 Å². The third kappa shape index (κ3) is 5.19. The number of nitrogens with zero attached hydrogens (tertiary/aromatic N) is 1. The van der Waals surface area contributed by atoms with Crippen molar-refractivity contribution in [2.45, 2.75) is 19.3 Å². The van der Waals surface area contributed by atoms with E-state index in [0.717, 1.165) is 28.6 Å². The number of carbonyl (C=O) groups is 2. The Bertz CT molecular complexity index is 1070. The van der Waals surface area contributed by atoms with E-state index >= 15 is 0 Å². The molecular weight excluding hydrogens is 414 g/mol. The molecule has 8 heteroatoms. The second-order valence-electron chi connectivity index (χ2n) is 6.93. The quantitative estimate of drug-likeness (QED) is 0.685. The van der Waals surface area contributed by atoms with Gasteiger partial charge in [-0.25, -0.2) is 0 Å². The molecule has 1 aliphatic heterocycles. The molecule has 1 atom stereocenters. The van der Waals surface area contributed by atoms with Crippen LogP contribution in [0.15, 0.2) is 53.1 Å². The number of allylic oxidation sites excluding steroid dienone is 1. The Morgan fingerprint density at radius 1 is 1.23 bits per heavy atom. The molecule has 160 valence electrons. The lowest BCUT2D eigenvalue weighted by atomic mass is 9.87. The van der Waals surface area contributed by atoms with Crippen molar-refractivity contribution in [2.24, 2.45) is 0 Å². The second kappa shape index (κ2) is 10.0. The van der Waals surface area contributed by atoms with Crippen LogP contribution in [0.25, 0.3) is 0 Å². The third-order valence-electron chi connectivity index (χ3n) is 4.93. The second-order valence-corrected chi connectivity index (χ2v) is 7.91. The number of carbonyl (C=O) groups excluding carboxylic acids is 2. The lowest BCUT2D eigenvalue weighted by Crippen LogP contribution is -2.31. The van der Waals surface area contributed by atoms with Crippen molar-refractivity contribution in [3.63, 3.8) is 0 Å². The van der Waals surface area contributed by atoms with Crippen LogP contribution in [-0.4, -0.2) is 31.8 Å². The summed E-state index contributed by atoms with van der Waals surface area (Å²) in [6.45, 7) is 1.91. The first kappa shape index (κ1) is 22.2. The fraction of sp³-hybridized carbons (Fsp3) is 0.261. The van der Waals surface area contributed by atoms with Crippen molar-refractivity contribution in [1.29, 1.82) is 5.26 Å². The summed E-state index contributed by atoms with van der Waals surface area (Å²) in [5, 5.41) is 15.8. The molecule has 0 fully saturated rings. The van der Waals surface area contributed by atoms with Gasteiger partial charge in [-0.2, -0.15) is 5.26 Å². The molecule has 1 heterocycles. The zero-order valence-corrected chi connectivity index (χ0v) is 18.3. The Kier molecular flexibility index (Phi) is 7.21. The van der Waals surface area contributed by atoms with Gasteiger partial charge < -0.3 is 20.1 Å². The molecule has 0 aromatic heterocycles. The van der Waals surface area contributed by atoms with Crippen molar-refractivity contribution in [3.05, 3.63) is 64.2 Å². The lowest BCUT2D eigenvalue weighted by Gasteiger charge is -2.25. The standard InChI is InChI=1S/C23H23N3O4S/c1-14-6-4-5-7-18(14)25-22(28)13-31-23-17(12-24)16(11-21(27)26-23)15-8-9-19(29-2)20(10-15)30-3/h4-10,16H,11,13H2,1-3H3,(H,25,28)(H,26,27). The zero-order chi connectivity index (χ0) is 22.4. The maximum Gasteiger partial charge on any atom is 0.234 e. The summed E-state index contributed by atoms with van der Waals surface area (Å²) in [6.07, 6.45) is 0.137. The topological polar surface area (TPSA) is 100 Å². The van der Waals surface area contributed by atoms with E-state index in [2.05, 4.69) is 16.7 Å². The molecule has 2 aromatic rings. The number of ether oxygens (including phenoxy) is 2. The Hall–Kier alpha value is -3.44. The van der Waals surface area contributed by atoms with Gasteiger partial charge in [0.15, 0.2) is 11.5 Å². The molecule has 1 aliphatic rings.